The summed E-state index contributed by atoms with van der Waals surface area (Å²) >= 11 is 1.47. The van der Waals surface area contributed by atoms with Crippen LogP contribution in [0.3, 0.4) is 0 Å². The molecule has 1 aromatic rings. The van der Waals surface area contributed by atoms with Gasteiger partial charge in [-0.2, -0.15) is 17.0 Å². The Labute approximate surface area is 93.5 Å². The van der Waals surface area contributed by atoms with Gasteiger partial charge in [-0.1, -0.05) is 12.1 Å². The maximum absolute atomic E-state index is 11.6. The predicted molar refractivity (Wildman–Crippen MR) is 62.8 cm³/mol. The average Bonchev–Trinajstić information content (AvgIpc) is 2.28. The molecule has 1 atom stereocenters. The number of anilines is 1. The molecule has 1 amide bonds. The minimum Gasteiger partial charge on any atom is -0.324 e. The van der Waals surface area contributed by atoms with Gasteiger partial charge in [0.25, 0.3) is 0 Å². The summed E-state index contributed by atoms with van der Waals surface area (Å²) in [6.45, 7) is 1.83. The standard InChI is InChI=1S/C11H12N2OS/c1-8(15-2)11(14)13-10-6-4-3-5-9(10)7-12/h3-6,8H,1-2H3,(H,13,14)/t8-/m0/s1. The Morgan fingerprint density at radius 2 is 2.20 bits per heavy atom. The van der Waals surface area contributed by atoms with Crippen molar-refractivity contribution < 1.29 is 4.79 Å². The van der Waals surface area contributed by atoms with Crippen LogP contribution in [0.2, 0.25) is 0 Å². The molecule has 4 heteroatoms. The first-order chi connectivity index (χ1) is 7.19. The van der Waals surface area contributed by atoms with Crippen molar-refractivity contribution in [1.82, 2.24) is 0 Å². The SMILES string of the molecule is CS[C@@H](C)C(=O)Nc1ccccc1C#N. The van der Waals surface area contributed by atoms with Crippen molar-refractivity contribution in [3.63, 3.8) is 0 Å². The molecule has 0 unspecified atom stereocenters. The highest BCUT2D eigenvalue weighted by atomic mass is 32.2. The lowest BCUT2D eigenvalue weighted by Gasteiger charge is -2.10. The Hall–Kier alpha value is -1.47. The van der Waals surface area contributed by atoms with Gasteiger partial charge in [0, 0.05) is 0 Å². The van der Waals surface area contributed by atoms with Crippen molar-refractivity contribution in [2.75, 3.05) is 11.6 Å². The van der Waals surface area contributed by atoms with Gasteiger partial charge < -0.3 is 5.32 Å². The first-order valence-electron chi connectivity index (χ1n) is 4.52. The van der Waals surface area contributed by atoms with Gasteiger partial charge in [-0.15, -0.1) is 0 Å². The van der Waals surface area contributed by atoms with E-state index in [0.29, 0.717) is 11.3 Å². The highest BCUT2D eigenvalue weighted by Gasteiger charge is 2.12. The minimum atomic E-state index is -0.114. The molecule has 0 heterocycles. The summed E-state index contributed by atoms with van der Waals surface area (Å²) in [6.07, 6.45) is 1.88. The summed E-state index contributed by atoms with van der Waals surface area (Å²) in [6, 6.07) is 9.00. The van der Waals surface area contributed by atoms with Crippen LogP contribution < -0.4 is 5.32 Å². The third-order valence-electron chi connectivity index (χ3n) is 2.03. The number of nitrogens with zero attached hydrogens (tertiary/aromatic N) is 1. The molecule has 0 aliphatic rings. The van der Waals surface area contributed by atoms with Crippen molar-refractivity contribution in [1.29, 1.82) is 5.26 Å². The van der Waals surface area contributed by atoms with Gasteiger partial charge >= 0.3 is 0 Å². The van der Waals surface area contributed by atoms with Crippen LogP contribution in [-0.2, 0) is 4.79 Å². The molecule has 0 bridgehead atoms. The second-order valence-corrected chi connectivity index (χ2v) is 4.20. The number of nitriles is 1. The van der Waals surface area contributed by atoms with Gasteiger partial charge in [0.05, 0.1) is 16.5 Å². The second kappa shape index (κ2) is 5.42. The maximum atomic E-state index is 11.6. The number of rotatable bonds is 3. The summed E-state index contributed by atoms with van der Waals surface area (Å²) < 4.78 is 0. The number of carbonyl (C=O) groups excluding carboxylic acids is 1. The summed E-state index contributed by atoms with van der Waals surface area (Å²) in [5, 5.41) is 11.4. The fraction of sp³-hybridized carbons (Fsp3) is 0.273. The van der Waals surface area contributed by atoms with Crippen molar-refractivity contribution >= 4 is 23.4 Å². The summed E-state index contributed by atoms with van der Waals surface area (Å²) in [4.78, 5) is 11.6. The summed E-state index contributed by atoms with van der Waals surface area (Å²) in [5.74, 6) is -0.0785. The molecule has 1 rings (SSSR count). The largest absolute Gasteiger partial charge is 0.324 e. The van der Waals surface area contributed by atoms with Crippen LogP contribution in [0.4, 0.5) is 5.69 Å². The molecule has 0 aromatic heterocycles. The van der Waals surface area contributed by atoms with Crippen LogP contribution in [0.5, 0.6) is 0 Å². The molecule has 15 heavy (non-hydrogen) atoms. The molecular formula is C11H12N2OS. The Morgan fingerprint density at radius 1 is 1.53 bits per heavy atom. The zero-order chi connectivity index (χ0) is 11.3. The topological polar surface area (TPSA) is 52.9 Å². The normalized spacial score (nSPS) is 11.5. The molecule has 1 aromatic carbocycles. The predicted octanol–water partition coefficient (Wildman–Crippen LogP) is 2.25. The van der Waals surface area contributed by atoms with Gasteiger partial charge in [-0.3, -0.25) is 4.79 Å². The molecule has 0 saturated heterocycles. The van der Waals surface area contributed by atoms with Crippen LogP contribution in [0, 0.1) is 11.3 Å². The van der Waals surface area contributed by atoms with Crippen LogP contribution in [0.1, 0.15) is 12.5 Å². The van der Waals surface area contributed by atoms with E-state index in [1.807, 2.05) is 19.2 Å². The number of carbonyl (C=O) groups is 1. The van der Waals surface area contributed by atoms with E-state index in [2.05, 4.69) is 5.32 Å². The van der Waals surface area contributed by atoms with Crippen LogP contribution in [0.15, 0.2) is 24.3 Å². The van der Waals surface area contributed by atoms with Gasteiger partial charge in [-0.05, 0) is 25.3 Å². The number of nitrogens with one attached hydrogen (secondary N) is 1. The number of para-hydroxylation sites is 1. The Morgan fingerprint density at radius 3 is 2.80 bits per heavy atom. The zero-order valence-electron chi connectivity index (χ0n) is 8.65. The number of thioether (sulfide) groups is 1. The van der Waals surface area contributed by atoms with Crippen molar-refractivity contribution in [3.05, 3.63) is 29.8 Å². The lowest BCUT2D eigenvalue weighted by molar-refractivity contribution is -0.115. The molecule has 0 aliphatic heterocycles. The van der Waals surface area contributed by atoms with E-state index in [-0.39, 0.29) is 11.2 Å². The zero-order valence-corrected chi connectivity index (χ0v) is 9.47. The molecular weight excluding hydrogens is 208 g/mol. The van der Waals surface area contributed by atoms with E-state index in [1.54, 1.807) is 24.3 Å². The number of amides is 1. The average molecular weight is 220 g/mol. The lowest BCUT2D eigenvalue weighted by Crippen LogP contribution is -2.22. The Bertz CT molecular complexity index is 398. The molecule has 1 N–H and O–H groups in total. The second-order valence-electron chi connectivity index (χ2n) is 3.02. The molecule has 3 nitrogen and oxygen atoms in total. The van der Waals surface area contributed by atoms with Crippen molar-refractivity contribution in [2.45, 2.75) is 12.2 Å². The van der Waals surface area contributed by atoms with Gasteiger partial charge in [-0.25, -0.2) is 0 Å². The van der Waals surface area contributed by atoms with E-state index in [4.69, 9.17) is 5.26 Å². The molecule has 0 saturated carbocycles. The molecule has 78 valence electrons. The van der Waals surface area contributed by atoms with E-state index >= 15 is 0 Å². The van der Waals surface area contributed by atoms with E-state index in [9.17, 15) is 4.79 Å². The first-order valence-corrected chi connectivity index (χ1v) is 5.80. The molecule has 0 spiro atoms. The molecule has 0 aliphatic carbocycles. The van der Waals surface area contributed by atoms with Gasteiger partial charge in [0.2, 0.25) is 5.91 Å². The highest BCUT2D eigenvalue weighted by molar-refractivity contribution is 7.99. The monoisotopic (exact) mass is 220 g/mol. The third kappa shape index (κ3) is 3.00. The van der Waals surface area contributed by atoms with Gasteiger partial charge in [0.15, 0.2) is 0 Å². The smallest absolute Gasteiger partial charge is 0.237 e. The quantitative estimate of drug-likeness (QED) is 0.850. The Kier molecular flexibility index (Phi) is 4.19. The van der Waals surface area contributed by atoms with Crippen LogP contribution in [-0.4, -0.2) is 17.4 Å². The van der Waals surface area contributed by atoms with Crippen LogP contribution >= 0.6 is 11.8 Å². The number of hydrogen-bond acceptors (Lipinski definition) is 3. The van der Waals surface area contributed by atoms with E-state index in [0.717, 1.165) is 0 Å². The van der Waals surface area contributed by atoms with E-state index in [1.165, 1.54) is 11.8 Å². The summed E-state index contributed by atoms with van der Waals surface area (Å²) in [5.41, 5.74) is 1.06. The fourth-order valence-corrected chi connectivity index (χ4v) is 1.30. The number of hydrogen-bond donors (Lipinski definition) is 1. The minimum absolute atomic E-state index is 0.0785. The lowest BCUT2D eigenvalue weighted by atomic mass is 10.2. The molecule has 0 radical (unpaired) electrons. The maximum Gasteiger partial charge on any atom is 0.237 e. The van der Waals surface area contributed by atoms with Crippen LogP contribution in [0.25, 0.3) is 0 Å². The Balaban J connectivity index is 2.81. The van der Waals surface area contributed by atoms with Crippen molar-refractivity contribution in [2.24, 2.45) is 0 Å². The molecule has 0 fully saturated rings. The van der Waals surface area contributed by atoms with E-state index < -0.39 is 0 Å². The summed E-state index contributed by atoms with van der Waals surface area (Å²) in [7, 11) is 0. The fourth-order valence-electron chi connectivity index (χ4n) is 1.03. The third-order valence-corrected chi connectivity index (χ3v) is 2.95. The number of benzene rings is 1. The highest BCUT2D eigenvalue weighted by Crippen LogP contribution is 2.15. The van der Waals surface area contributed by atoms with Crippen molar-refractivity contribution in [3.8, 4) is 6.07 Å². The first kappa shape index (κ1) is 11.6. The van der Waals surface area contributed by atoms with Gasteiger partial charge in [0.1, 0.15) is 6.07 Å².